The first-order valence-electron chi connectivity index (χ1n) is 7.10. The van der Waals surface area contributed by atoms with Gasteiger partial charge in [0, 0.05) is 26.1 Å². The van der Waals surface area contributed by atoms with Crippen LogP contribution >= 0.6 is 11.3 Å². The molecule has 0 unspecified atom stereocenters. The number of hydrogen-bond donors (Lipinski definition) is 3. The van der Waals surface area contributed by atoms with E-state index in [1.807, 2.05) is 6.92 Å². The van der Waals surface area contributed by atoms with Gasteiger partial charge < -0.3 is 21.1 Å². The van der Waals surface area contributed by atoms with E-state index in [0.29, 0.717) is 35.2 Å². The molecule has 2 rings (SSSR count). The first-order valence-corrected chi connectivity index (χ1v) is 7.91. The first-order chi connectivity index (χ1) is 10.1. The van der Waals surface area contributed by atoms with E-state index in [1.54, 1.807) is 7.05 Å². The number of carbonyl (C=O) groups excluding carboxylic acids is 2. The summed E-state index contributed by atoms with van der Waals surface area (Å²) in [6, 6.07) is 0. The largest absolute Gasteiger partial charge is 0.397 e. The molecule has 0 atom stereocenters. The maximum absolute atomic E-state index is 12.2. The van der Waals surface area contributed by atoms with E-state index < -0.39 is 0 Å². The molecule has 1 aromatic rings. The molecule has 0 spiro atoms. The van der Waals surface area contributed by atoms with Gasteiger partial charge in [-0.1, -0.05) is 0 Å². The Hall–Kier alpha value is -1.60. The second kappa shape index (κ2) is 6.91. The fraction of sp³-hybridized carbons (Fsp3) is 0.571. The van der Waals surface area contributed by atoms with Gasteiger partial charge in [0.25, 0.3) is 5.91 Å². The summed E-state index contributed by atoms with van der Waals surface area (Å²) in [5.41, 5.74) is 6.69. The average Bonchev–Trinajstić information content (AvgIpc) is 3.27. The quantitative estimate of drug-likeness (QED) is 0.502. The molecule has 0 aliphatic heterocycles. The highest BCUT2D eigenvalue weighted by Gasteiger charge is 2.35. The predicted octanol–water partition coefficient (Wildman–Crippen LogP) is 1.73. The van der Waals surface area contributed by atoms with Crippen LogP contribution in [0.3, 0.4) is 0 Å². The Balaban J connectivity index is 2.21. The highest BCUT2D eigenvalue weighted by Crippen LogP contribution is 2.41. The van der Waals surface area contributed by atoms with Crippen LogP contribution in [0.25, 0.3) is 0 Å². The van der Waals surface area contributed by atoms with E-state index in [9.17, 15) is 9.59 Å². The number of carbonyl (C=O) groups is 2. The third-order valence-corrected chi connectivity index (χ3v) is 4.49. The number of nitrogens with two attached hydrogens (primary N) is 1. The Morgan fingerprint density at radius 2 is 2.14 bits per heavy atom. The van der Waals surface area contributed by atoms with Gasteiger partial charge in [0.15, 0.2) is 5.78 Å². The zero-order valence-electron chi connectivity index (χ0n) is 12.3. The minimum atomic E-state index is -0.280. The lowest BCUT2D eigenvalue weighted by Gasteiger charge is -2.07. The summed E-state index contributed by atoms with van der Waals surface area (Å²) in [6.45, 7) is 3.66. The van der Waals surface area contributed by atoms with Crippen LogP contribution in [0.15, 0.2) is 0 Å². The summed E-state index contributed by atoms with van der Waals surface area (Å²) >= 11 is 1.26. The van der Waals surface area contributed by atoms with Crippen molar-refractivity contribution < 1.29 is 14.3 Å². The lowest BCUT2D eigenvalue weighted by molar-refractivity contribution is 0.0964. The SMILES string of the molecule is CCOCCNc1sc(C(=O)C2CC2)c(N)c1C(=O)NC. The number of nitrogen functional groups attached to an aromatic ring is 1. The Morgan fingerprint density at radius 1 is 1.43 bits per heavy atom. The molecule has 1 aliphatic carbocycles. The lowest BCUT2D eigenvalue weighted by Crippen LogP contribution is -2.21. The molecule has 1 saturated carbocycles. The number of anilines is 2. The van der Waals surface area contributed by atoms with Crippen LogP contribution in [0.4, 0.5) is 10.7 Å². The van der Waals surface area contributed by atoms with Gasteiger partial charge in [-0.3, -0.25) is 9.59 Å². The maximum atomic E-state index is 12.2. The highest BCUT2D eigenvalue weighted by molar-refractivity contribution is 7.19. The minimum Gasteiger partial charge on any atom is -0.397 e. The van der Waals surface area contributed by atoms with E-state index in [2.05, 4.69) is 10.6 Å². The van der Waals surface area contributed by atoms with Crippen molar-refractivity contribution in [2.75, 3.05) is 37.9 Å². The lowest BCUT2D eigenvalue weighted by atomic mass is 10.1. The number of hydrogen-bond acceptors (Lipinski definition) is 6. The first kappa shape index (κ1) is 15.8. The third-order valence-electron chi connectivity index (χ3n) is 3.31. The smallest absolute Gasteiger partial charge is 0.256 e. The van der Waals surface area contributed by atoms with E-state index in [-0.39, 0.29) is 23.3 Å². The standard InChI is InChI=1S/C14H21N3O3S/c1-3-20-7-6-17-14-9(13(19)16-2)10(15)12(21-14)11(18)8-4-5-8/h8,17H,3-7,15H2,1-2H3,(H,16,19). The van der Waals surface area contributed by atoms with Crippen molar-refractivity contribution in [2.45, 2.75) is 19.8 Å². The molecule has 4 N–H and O–H groups in total. The van der Waals surface area contributed by atoms with E-state index in [1.165, 1.54) is 11.3 Å². The molecule has 1 aromatic heterocycles. The van der Waals surface area contributed by atoms with Crippen LogP contribution in [0, 0.1) is 5.92 Å². The number of nitrogens with one attached hydrogen (secondary N) is 2. The molecule has 21 heavy (non-hydrogen) atoms. The number of Topliss-reactive ketones (excluding diaryl/α,β-unsaturated/α-hetero) is 1. The van der Waals surface area contributed by atoms with Crippen LogP contribution < -0.4 is 16.4 Å². The van der Waals surface area contributed by atoms with E-state index >= 15 is 0 Å². The maximum Gasteiger partial charge on any atom is 0.256 e. The van der Waals surface area contributed by atoms with Crippen molar-refractivity contribution in [1.29, 1.82) is 0 Å². The molecule has 116 valence electrons. The molecular weight excluding hydrogens is 290 g/mol. The van der Waals surface area contributed by atoms with Gasteiger partial charge in [-0.2, -0.15) is 0 Å². The van der Waals surface area contributed by atoms with Crippen molar-refractivity contribution in [3.63, 3.8) is 0 Å². The predicted molar refractivity (Wildman–Crippen MR) is 84.2 cm³/mol. The van der Waals surface area contributed by atoms with Crippen LogP contribution in [-0.2, 0) is 4.74 Å². The van der Waals surface area contributed by atoms with Crippen molar-refractivity contribution in [2.24, 2.45) is 5.92 Å². The summed E-state index contributed by atoms with van der Waals surface area (Å²) in [4.78, 5) is 24.7. The zero-order chi connectivity index (χ0) is 15.4. The number of thiophene rings is 1. The normalized spacial score (nSPS) is 14.0. The summed E-state index contributed by atoms with van der Waals surface area (Å²) in [5, 5.41) is 6.34. The summed E-state index contributed by atoms with van der Waals surface area (Å²) in [7, 11) is 1.55. The molecule has 1 amide bonds. The number of ether oxygens (including phenoxy) is 1. The van der Waals surface area contributed by atoms with Crippen molar-refractivity contribution in [1.82, 2.24) is 5.32 Å². The molecular formula is C14H21N3O3S. The molecule has 1 heterocycles. The van der Waals surface area contributed by atoms with Gasteiger partial charge >= 0.3 is 0 Å². The fourth-order valence-corrected chi connectivity index (χ4v) is 3.18. The average molecular weight is 311 g/mol. The molecule has 0 radical (unpaired) electrons. The summed E-state index contributed by atoms with van der Waals surface area (Å²) in [6.07, 6.45) is 1.83. The molecule has 6 nitrogen and oxygen atoms in total. The zero-order valence-corrected chi connectivity index (χ0v) is 13.1. The molecule has 1 aliphatic rings. The Morgan fingerprint density at radius 3 is 2.71 bits per heavy atom. The van der Waals surface area contributed by atoms with Gasteiger partial charge in [0.05, 0.1) is 22.7 Å². The van der Waals surface area contributed by atoms with Crippen molar-refractivity contribution in [3.8, 4) is 0 Å². The summed E-state index contributed by atoms with van der Waals surface area (Å²) in [5.74, 6) is -0.141. The monoisotopic (exact) mass is 311 g/mol. The van der Waals surface area contributed by atoms with Gasteiger partial charge in [-0.25, -0.2) is 0 Å². The molecule has 1 fully saturated rings. The number of ketones is 1. The molecule has 0 bridgehead atoms. The van der Waals surface area contributed by atoms with Crippen LogP contribution in [0.5, 0.6) is 0 Å². The topological polar surface area (TPSA) is 93.4 Å². The Bertz CT molecular complexity index is 538. The van der Waals surface area contributed by atoms with E-state index in [4.69, 9.17) is 10.5 Å². The van der Waals surface area contributed by atoms with Gasteiger partial charge in [-0.15, -0.1) is 11.3 Å². The van der Waals surface area contributed by atoms with E-state index in [0.717, 1.165) is 12.8 Å². The van der Waals surface area contributed by atoms with Crippen molar-refractivity contribution >= 4 is 33.7 Å². The highest BCUT2D eigenvalue weighted by atomic mass is 32.1. The number of amides is 1. The van der Waals surface area contributed by atoms with Crippen LogP contribution in [0.2, 0.25) is 0 Å². The minimum absolute atomic E-state index is 0.0560. The molecule has 0 aromatic carbocycles. The second-order valence-corrected chi connectivity index (χ2v) is 5.91. The number of rotatable bonds is 8. The third kappa shape index (κ3) is 3.54. The van der Waals surface area contributed by atoms with Gasteiger partial charge in [0.2, 0.25) is 0 Å². The second-order valence-electron chi connectivity index (χ2n) is 4.89. The fourth-order valence-electron chi connectivity index (χ4n) is 2.01. The molecule has 7 heteroatoms. The van der Waals surface area contributed by atoms with Gasteiger partial charge in [-0.05, 0) is 19.8 Å². The van der Waals surface area contributed by atoms with Gasteiger partial charge in [0.1, 0.15) is 5.00 Å². The summed E-state index contributed by atoms with van der Waals surface area (Å²) < 4.78 is 5.26. The Kier molecular flexibility index (Phi) is 5.19. The van der Waals surface area contributed by atoms with Crippen LogP contribution in [0.1, 0.15) is 39.8 Å². The molecule has 0 saturated heterocycles. The van der Waals surface area contributed by atoms with Crippen LogP contribution in [-0.4, -0.2) is 38.5 Å². The Labute approximate surface area is 128 Å². The van der Waals surface area contributed by atoms with Crippen molar-refractivity contribution in [3.05, 3.63) is 10.4 Å².